The van der Waals surface area contributed by atoms with E-state index in [9.17, 15) is 14.9 Å². The van der Waals surface area contributed by atoms with Crippen molar-refractivity contribution in [2.24, 2.45) is 0 Å². The van der Waals surface area contributed by atoms with E-state index in [1.807, 2.05) is 6.92 Å². The minimum Gasteiger partial charge on any atom is -0.467 e. The Morgan fingerprint density at radius 3 is 2.56 bits per heavy atom. The average Bonchev–Trinajstić information content (AvgIpc) is 2.32. The van der Waals surface area contributed by atoms with Crippen molar-refractivity contribution < 1.29 is 14.5 Å². The molecule has 0 amide bonds. The zero-order valence-electron chi connectivity index (χ0n) is 10.8. The first-order chi connectivity index (χ1) is 8.38. The highest BCUT2D eigenvalue weighted by molar-refractivity contribution is 5.80. The van der Waals surface area contributed by atoms with Crippen molar-refractivity contribution in [1.82, 2.24) is 0 Å². The molecule has 1 unspecified atom stereocenters. The van der Waals surface area contributed by atoms with Crippen LogP contribution in [0.5, 0.6) is 0 Å². The number of hydrogen-bond acceptors (Lipinski definition) is 5. The van der Waals surface area contributed by atoms with E-state index in [1.54, 1.807) is 19.9 Å². The minimum absolute atomic E-state index is 0.0279. The van der Waals surface area contributed by atoms with Crippen molar-refractivity contribution in [3.8, 4) is 0 Å². The largest absolute Gasteiger partial charge is 0.467 e. The fraction of sp³-hybridized carbons (Fsp3) is 0.417. The predicted molar refractivity (Wildman–Crippen MR) is 67.7 cm³/mol. The summed E-state index contributed by atoms with van der Waals surface area (Å²) in [6.07, 6.45) is 0. The van der Waals surface area contributed by atoms with Crippen LogP contribution in [0.2, 0.25) is 0 Å². The Hall–Kier alpha value is -2.11. The molecule has 0 aliphatic heterocycles. The number of nitro benzene ring substituents is 1. The molecule has 0 spiro atoms. The second-order valence-corrected chi connectivity index (χ2v) is 4.05. The molecule has 6 heteroatoms. The number of carbonyl (C=O) groups excluding carboxylic acids is 1. The van der Waals surface area contributed by atoms with Gasteiger partial charge in [-0.1, -0.05) is 6.07 Å². The number of hydrogen-bond donors (Lipinski definition) is 1. The maximum absolute atomic E-state index is 11.3. The van der Waals surface area contributed by atoms with E-state index in [0.717, 1.165) is 5.56 Å². The molecule has 0 saturated carbocycles. The molecule has 0 bridgehead atoms. The van der Waals surface area contributed by atoms with Gasteiger partial charge in [-0.25, -0.2) is 4.79 Å². The smallest absolute Gasteiger partial charge is 0.327 e. The summed E-state index contributed by atoms with van der Waals surface area (Å²) < 4.78 is 4.61. The van der Waals surface area contributed by atoms with Crippen LogP contribution in [0.1, 0.15) is 18.1 Å². The monoisotopic (exact) mass is 252 g/mol. The lowest BCUT2D eigenvalue weighted by Crippen LogP contribution is -2.28. The standard InChI is InChI=1S/C12H16N2O4/c1-7-5-6-10(14(16)17)8(2)11(7)13-9(3)12(15)18-4/h5-6,9,13H,1-4H3. The highest BCUT2D eigenvalue weighted by Crippen LogP contribution is 2.29. The van der Waals surface area contributed by atoms with Crippen LogP contribution in [0.4, 0.5) is 11.4 Å². The summed E-state index contributed by atoms with van der Waals surface area (Å²) in [6, 6.07) is 2.55. The molecule has 0 fully saturated rings. The summed E-state index contributed by atoms with van der Waals surface area (Å²) in [4.78, 5) is 21.7. The number of nitro groups is 1. The van der Waals surface area contributed by atoms with Crippen molar-refractivity contribution in [2.75, 3.05) is 12.4 Å². The number of ether oxygens (including phenoxy) is 1. The van der Waals surface area contributed by atoms with Crippen molar-refractivity contribution >= 4 is 17.3 Å². The second kappa shape index (κ2) is 5.48. The molecule has 0 radical (unpaired) electrons. The molecular formula is C12H16N2O4. The van der Waals surface area contributed by atoms with E-state index >= 15 is 0 Å². The van der Waals surface area contributed by atoms with Crippen LogP contribution in [-0.4, -0.2) is 24.0 Å². The van der Waals surface area contributed by atoms with E-state index in [0.29, 0.717) is 11.3 Å². The number of esters is 1. The van der Waals surface area contributed by atoms with Gasteiger partial charge in [-0.15, -0.1) is 0 Å². The van der Waals surface area contributed by atoms with Gasteiger partial charge >= 0.3 is 5.97 Å². The van der Waals surface area contributed by atoms with Gasteiger partial charge in [0.15, 0.2) is 0 Å². The lowest BCUT2D eigenvalue weighted by atomic mass is 10.1. The van der Waals surface area contributed by atoms with E-state index in [4.69, 9.17) is 0 Å². The highest BCUT2D eigenvalue weighted by atomic mass is 16.6. The van der Waals surface area contributed by atoms with Gasteiger partial charge in [-0.2, -0.15) is 0 Å². The molecule has 0 aliphatic carbocycles. The number of anilines is 1. The Bertz CT molecular complexity index is 485. The molecule has 1 aromatic rings. The maximum atomic E-state index is 11.3. The van der Waals surface area contributed by atoms with E-state index in [-0.39, 0.29) is 5.69 Å². The number of methoxy groups -OCH3 is 1. The topological polar surface area (TPSA) is 81.5 Å². The predicted octanol–water partition coefficient (Wildman–Crippen LogP) is 2.19. The molecule has 0 heterocycles. The molecule has 6 nitrogen and oxygen atoms in total. The summed E-state index contributed by atoms with van der Waals surface area (Å²) in [5, 5.41) is 13.8. The number of rotatable bonds is 4. The molecule has 0 aromatic heterocycles. The first kappa shape index (κ1) is 14.0. The summed E-state index contributed by atoms with van der Waals surface area (Å²) in [7, 11) is 1.30. The summed E-state index contributed by atoms with van der Waals surface area (Å²) in [5.41, 5.74) is 1.98. The molecule has 1 N–H and O–H groups in total. The SMILES string of the molecule is COC(=O)C(C)Nc1c(C)ccc([N+](=O)[O-])c1C. The normalized spacial score (nSPS) is 11.8. The molecule has 18 heavy (non-hydrogen) atoms. The van der Waals surface area contributed by atoms with Crippen LogP contribution in [0.25, 0.3) is 0 Å². The third kappa shape index (κ3) is 2.77. The van der Waals surface area contributed by atoms with E-state index in [1.165, 1.54) is 13.2 Å². The van der Waals surface area contributed by atoms with Crippen molar-refractivity contribution in [3.05, 3.63) is 33.4 Å². The second-order valence-electron chi connectivity index (χ2n) is 4.05. The Morgan fingerprint density at radius 1 is 1.44 bits per heavy atom. The molecule has 1 atom stereocenters. The van der Waals surface area contributed by atoms with Gasteiger partial charge in [0.05, 0.1) is 17.6 Å². The molecule has 1 rings (SSSR count). The maximum Gasteiger partial charge on any atom is 0.327 e. The van der Waals surface area contributed by atoms with Gasteiger partial charge in [0.25, 0.3) is 5.69 Å². The number of nitrogens with zero attached hydrogens (tertiary/aromatic N) is 1. The van der Waals surface area contributed by atoms with E-state index < -0.39 is 16.9 Å². The Labute approximate surface area is 105 Å². The first-order valence-corrected chi connectivity index (χ1v) is 5.47. The molecule has 98 valence electrons. The van der Waals surface area contributed by atoms with Crippen LogP contribution in [0, 0.1) is 24.0 Å². The zero-order valence-corrected chi connectivity index (χ0v) is 10.8. The Kier molecular flexibility index (Phi) is 4.25. The number of aryl methyl sites for hydroxylation is 1. The fourth-order valence-corrected chi connectivity index (χ4v) is 1.71. The third-order valence-electron chi connectivity index (χ3n) is 2.76. The van der Waals surface area contributed by atoms with Crippen LogP contribution in [0.15, 0.2) is 12.1 Å². The van der Waals surface area contributed by atoms with Gasteiger partial charge in [0.2, 0.25) is 0 Å². The van der Waals surface area contributed by atoms with Crippen LogP contribution >= 0.6 is 0 Å². The number of carbonyl (C=O) groups is 1. The third-order valence-corrected chi connectivity index (χ3v) is 2.76. The Morgan fingerprint density at radius 2 is 2.06 bits per heavy atom. The van der Waals surface area contributed by atoms with Gasteiger partial charge in [-0.05, 0) is 26.3 Å². The van der Waals surface area contributed by atoms with Gasteiger partial charge in [-0.3, -0.25) is 10.1 Å². The Balaban J connectivity index is 3.12. The number of nitrogens with one attached hydrogen (secondary N) is 1. The molecular weight excluding hydrogens is 236 g/mol. The first-order valence-electron chi connectivity index (χ1n) is 5.47. The summed E-state index contributed by atoms with van der Waals surface area (Å²) >= 11 is 0. The lowest BCUT2D eigenvalue weighted by molar-refractivity contribution is -0.385. The zero-order chi connectivity index (χ0) is 13.9. The highest BCUT2D eigenvalue weighted by Gasteiger charge is 2.19. The summed E-state index contributed by atoms with van der Waals surface area (Å²) in [5.74, 6) is -0.416. The molecule has 0 aliphatic rings. The van der Waals surface area contributed by atoms with Crippen LogP contribution < -0.4 is 5.32 Å². The number of benzene rings is 1. The molecule has 1 aromatic carbocycles. The fourth-order valence-electron chi connectivity index (χ4n) is 1.71. The van der Waals surface area contributed by atoms with Gasteiger partial charge in [0.1, 0.15) is 6.04 Å². The van der Waals surface area contributed by atoms with Crippen LogP contribution in [-0.2, 0) is 9.53 Å². The van der Waals surface area contributed by atoms with Crippen molar-refractivity contribution in [1.29, 1.82) is 0 Å². The molecule has 0 saturated heterocycles. The van der Waals surface area contributed by atoms with Crippen molar-refractivity contribution in [3.63, 3.8) is 0 Å². The van der Waals surface area contributed by atoms with Gasteiger partial charge in [0, 0.05) is 11.8 Å². The minimum atomic E-state index is -0.561. The average molecular weight is 252 g/mol. The van der Waals surface area contributed by atoms with Gasteiger partial charge < -0.3 is 10.1 Å². The van der Waals surface area contributed by atoms with Crippen molar-refractivity contribution in [2.45, 2.75) is 26.8 Å². The van der Waals surface area contributed by atoms with Crippen LogP contribution in [0.3, 0.4) is 0 Å². The summed E-state index contributed by atoms with van der Waals surface area (Å²) in [6.45, 7) is 5.12. The lowest BCUT2D eigenvalue weighted by Gasteiger charge is -2.17. The quantitative estimate of drug-likeness (QED) is 0.504. The van der Waals surface area contributed by atoms with E-state index in [2.05, 4.69) is 10.1 Å².